The molecule has 0 N–H and O–H groups in total. The molecule has 1 heterocycles. The van der Waals surface area contributed by atoms with Crippen LogP contribution in [0, 0.1) is 0 Å². The Labute approximate surface area is 135 Å². The monoisotopic (exact) mass is 299 g/mol. The molecule has 0 spiro atoms. The van der Waals surface area contributed by atoms with Crippen LogP contribution in [0.2, 0.25) is 0 Å². The smallest absolute Gasteiger partial charge is 0.127 e. The molecule has 0 saturated carbocycles. The Balaban J connectivity index is 0.000000847. The van der Waals surface area contributed by atoms with Gasteiger partial charge in [0.15, 0.2) is 0 Å². The van der Waals surface area contributed by atoms with E-state index in [0.717, 1.165) is 18.9 Å². The molecule has 2 aromatic carbocycles. The van der Waals surface area contributed by atoms with Gasteiger partial charge in [0.2, 0.25) is 0 Å². The molecule has 22 heavy (non-hydrogen) atoms. The predicted molar refractivity (Wildman–Crippen MR) is 95.7 cm³/mol. The summed E-state index contributed by atoms with van der Waals surface area (Å²) in [6, 6.07) is 14.7. The minimum atomic E-state index is 0.786. The molecular weight excluding hydrogens is 270 g/mol. The fourth-order valence-electron chi connectivity index (χ4n) is 2.97. The van der Waals surface area contributed by atoms with Crippen LogP contribution in [0.15, 0.2) is 42.5 Å². The van der Waals surface area contributed by atoms with Crippen LogP contribution in [0.25, 0.3) is 10.8 Å². The van der Waals surface area contributed by atoms with E-state index < -0.39 is 0 Å². The Morgan fingerprint density at radius 3 is 2.32 bits per heavy atom. The highest BCUT2D eigenvalue weighted by Crippen LogP contribution is 2.25. The first-order chi connectivity index (χ1) is 10.9. The first kappa shape index (κ1) is 16.8. The van der Waals surface area contributed by atoms with Crippen LogP contribution < -0.4 is 4.74 Å². The van der Waals surface area contributed by atoms with E-state index in [2.05, 4.69) is 47.4 Å². The summed E-state index contributed by atoms with van der Waals surface area (Å²) in [6.45, 7) is 8.30. The van der Waals surface area contributed by atoms with Gasteiger partial charge in [-0.3, -0.25) is 4.90 Å². The van der Waals surface area contributed by atoms with E-state index in [9.17, 15) is 0 Å². The van der Waals surface area contributed by atoms with Crippen molar-refractivity contribution in [2.75, 3.05) is 26.2 Å². The van der Waals surface area contributed by atoms with E-state index in [0.29, 0.717) is 0 Å². The molecule has 0 unspecified atom stereocenters. The predicted octanol–water partition coefficient (Wildman–Crippen LogP) is 5.12. The summed E-state index contributed by atoms with van der Waals surface area (Å²) >= 11 is 0. The molecule has 0 radical (unpaired) electrons. The molecule has 1 aliphatic rings. The van der Waals surface area contributed by atoms with Gasteiger partial charge in [0, 0.05) is 11.9 Å². The van der Waals surface area contributed by atoms with Gasteiger partial charge in [-0.2, -0.15) is 0 Å². The van der Waals surface area contributed by atoms with Gasteiger partial charge >= 0.3 is 0 Å². The number of ether oxygens (including phenoxy) is 1. The Bertz CT molecular complexity index is 539. The van der Waals surface area contributed by atoms with Crippen LogP contribution >= 0.6 is 0 Å². The molecule has 0 amide bonds. The van der Waals surface area contributed by atoms with Crippen molar-refractivity contribution < 1.29 is 4.74 Å². The van der Waals surface area contributed by atoms with Gasteiger partial charge in [-0.15, -0.1) is 0 Å². The maximum absolute atomic E-state index is 6.02. The maximum atomic E-state index is 6.02. The van der Waals surface area contributed by atoms with Gasteiger partial charge < -0.3 is 4.74 Å². The molecule has 2 nitrogen and oxygen atoms in total. The topological polar surface area (TPSA) is 12.5 Å². The van der Waals surface area contributed by atoms with E-state index in [4.69, 9.17) is 4.74 Å². The SMILES string of the molecule is CC.c1ccc2c(OCCN3CCCCCC3)cccc2c1. The lowest BCUT2D eigenvalue weighted by atomic mass is 10.1. The molecular formula is C20H29NO. The van der Waals surface area contributed by atoms with Gasteiger partial charge in [-0.1, -0.05) is 63.1 Å². The van der Waals surface area contributed by atoms with E-state index in [1.165, 1.54) is 49.5 Å². The molecule has 3 rings (SSSR count). The second-order valence-electron chi connectivity index (χ2n) is 5.58. The summed E-state index contributed by atoms with van der Waals surface area (Å²) < 4.78 is 6.02. The van der Waals surface area contributed by atoms with E-state index in [-0.39, 0.29) is 0 Å². The number of rotatable bonds is 4. The average Bonchev–Trinajstić information content (AvgIpc) is 2.86. The van der Waals surface area contributed by atoms with Crippen LogP contribution in [0.5, 0.6) is 5.75 Å². The highest BCUT2D eigenvalue weighted by molar-refractivity contribution is 5.88. The zero-order valence-corrected chi connectivity index (χ0v) is 14.1. The van der Waals surface area contributed by atoms with Crippen LogP contribution in [-0.4, -0.2) is 31.1 Å². The Kier molecular flexibility index (Phi) is 7.24. The summed E-state index contributed by atoms with van der Waals surface area (Å²) in [6.07, 6.45) is 5.46. The second-order valence-corrected chi connectivity index (χ2v) is 5.58. The lowest BCUT2D eigenvalue weighted by Gasteiger charge is -2.20. The standard InChI is InChI=1S/C18H23NO.C2H6/c1-2-6-13-19(12-5-1)14-15-20-18-11-7-9-16-8-3-4-10-17(16)18;1-2/h3-4,7-11H,1-2,5-6,12-15H2;1-2H3. The first-order valence-corrected chi connectivity index (χ1v) is 8.76. The van der Waals surface area contributed by atoms with Crippen molar-refractivity contribution in [3.63, 3.8) is 0 Å². The van der Waals surface area contributed by atoms with Gasteiger partial charge in [-0.25, -0.2) is 0 Å². The minimum absolute atomic E-state index is 0.786. The molecule has 1 fully saturated rings. The van der Waals surface area contributed by atoms with Gasteiger partial charge in [0.1, 0.15) is 12.4 Å². The zero-order chi connectivity index (χ0) is 15.6. The summed E-state index contributed by atoms with van der Waals surface area (Å²) in [5.74, 6) is 1.01. The number of fused-ring (bicyclic) bond motifs is 1. The second kappa shape index (κ2) is 9.47. The fraction of sp³-hybridized carbons (Fsp3) is 0.500. The number of likely N-dealkylation sites (tertiary alicyclic amines) is 1. The van der Waals surface area contributed by atoms with Crippen molar-refractivity contribution in [2.45, 2.75) is 39.5 Å². The van der Waals surface area contributed by atoms with Crippen LogP contribution in [0.1, 0.15) is 39.5 Å². The first-order valence-electron chi connectivity index (χ1n) is 8.76. The quantitative estimate of drug-likeness (QED) is 0.777. The molecule has 0 atom stereocenters. The molecule has 0 aliphatic carbocycles. The summed E-state index contributed by atoms with van der Waals surface area (Å²) in [5.41, 5.74) is 0. The molecule has 2 aromatic rings. The van der Waals surface area contributed by atoms with Crippen molar-refractivity contribution in [1.82, 2.24) is 4.90 Å². The third kappa shape index (κ3) is 4.74. The van der Waals surface area contributed by atoms with Crippen molar-refractivity contribution >= 4 is 10.8 Å². The van der Waals surface area contributed by atoms with E-state index in [1.807, 2.05) is 13.8 Å². The normalized spacial score (nSPS) is 15.7. The molecule has 0 aromatic heterocycles. The molecule has 0 bridgehead atoms. The lowest BCUT2D eigenvalue weighted by Crippen LogP contribution is -2.29. The Morgan fingerprint density at radius 1 is 0.864 bits per heavy atom. The lowest BCUT2D eigenvalue weighted by molar-refractivity contribution is 0.215. The highest BCUT2D eigenvalue weighted by Gasteiger charge is 2.09. The van der Waals surface area contributed by atoms with Crippen molar-refractivity contribution in [2.24, 2.45) is 0 Å². The zero-order valence-electron chi connectivity index (χ0n) is 14.1. The number of hydrogen-bond donors (Lipinski definition) is 0. The van der Waals surface area contributed by atoms with Gasteiger partial charge in [-0.05, 0) is 37.4 Å². The third-order valence-corrected chi connectivity index (χ3v) is 4.11. The average molecular weight is 299 g/mol. The third-order valence-electron chi connectivity index (χ3n) is 4.11. The van der Waals surface area contributed by atoms with Gasteiger partial charge in [0.05, 0.1) is 0 Å². The molecule has 1 saturated heterocycles. The molecule has 1 aliphatic heterocycles. The Morgan fingerprint density at radius 2 is 1.55 bits per heavy atom. The molecule has 120 valence electrons. The van der Waals surface area contributed by atoms with E-state index in [1.54, 1.807) is 0 Å². The van der Waals surface area contributed by atoms with Crippen molar-refractivity contribution in [3.8, 4) is 5.75 Å². The van der Waals surface area contributed by atoms with Crippen molar-refractivity contribution in [3.05, 3.63) is 42.5 Å². The van der Waals surface area contributed by atoms with Crippen LogP contribution in [0.4, 0.5) is 0 Å². The minimum Gasteiger partial charge on any atom is -0.492 e. The fourth-order valence-corrected chi connectivity index (χ4v) is 2.97. The largest absolute Gasteiger partial charge is 0.492 e. The molecule has 2 heteroatoms. The number of benzene rings is 2. The summed E-state index contributed by atoms with van der Waals surface area (Å²) in [5, 5.41) is 2.46. The number of nitrogens with zero attached hydrogens (tertiary/aromatic N) is 1. The van der Waals surface area contributed by atoms with Crippen molar-refractivity contribution in [1.29, 1.82) is 0 Å². The van der Waals surface area contributed by atoms with Gasteiger partial charge in [0.25, 0.3) is 0 Å². The summed E-state index contributed by atoms with van der Waals surface area (Å²) in [4.78, 5) is 2.54. The van der Waals surface area contributed by atoms with E-state index >= 15 is 0 Å². The highest BCUT2D eigenvalue weighted by atomic mass is 16.5. The Hall–Kier alpha value is -1.54. The number of hydrogen-bond acceptors (Lipinski definition) is 2. The van der Waals surface area contributed by atoms with Crippen LogP contribution in [0.3, 0.4) is 0 Å². The van der Waals surface area contributed by atoms with Crippen LogP contribution in [-0.2, 0) is 0 Å². The maximum Gasteiger partial charge on any atom is 0.127 e. The summed E-state index contributed by atoms with van der Waals surface area (Å²) in [7, 11) is 0.